The van der Waals surface area contributed by atoms with Crippen molar-refractivity contribution in [2.45, 2.75) is 13.0 Å². The summed E-state index contributed by atoms with van der Waals surface area (Å²) in [6.45, 7) is 0.716. The van der Waals surface area contributed by atoms with Gasteiger partial charge in [-0.1, -0.05) is 22.7 Å². The highest BCUT2D eigenvalue weighted by molar-refractivity contribution is 6.29. The molecular weight excluding hydrogens is 226 g/mol. The quantitative estimate of drug-likeness (QED) is 0.731. The van der Waals surface area contributed by atoms with E-state index in [0.29, 0.717) is 23.8 Å². The second kappa shape index (κ2) is 5.24. The van der Waals surface area contributed by atoms with Gasteiger partial charge in [0.15, 0.2) is 5.15 Å². The van der Waals surface area contributed by atoms with E-state index in [1.807, 2.05) is 0 Å². The van der Waals surface area contributed by atoms with Crippen LogP contribution < -0.4 is 0 Å². The minimum Gasteiger partial charge on any atom is -0.252 e. The van der Waals surface area contributed by atoms with Crippen molar-refractivity contribution in [3.63, 3.8) is 0 Å². The highest BCUT2D eigenvalue weighted by atomic mass is 35.5. The van der Waals surface area contributed by atoms with Gasteiger partial charge in [-0.25, -0.2) is 0 Å². The summed E-state index contributed by atoms with van der Waals surface area (Å²) in [6.07, 6.45) is 4.12. The third kappa shape index (κ3) is 3.04. The van der Waals surface area contributed by atoms with E-state index in [9.17, 15) is 0 Å². The predicted octanol–water partition coefficient (Wildman–Crippen LogP) is 1.16. The fourth-order valence-electron chi connectivity index (χ4n) is 1.06. The van der Waals surface area contributed by atoms with Gasteiger partial charge < -0.3 is 0 Å². The van der Waals surface area contributed by atoms with E-state index in [-0.39, 0.29) is 0 Å². The SMILES string of the molecule is Clc1ccc(C#CCCn2ccnn2)nn1. The molecule has 2 aromatic rings. The van der Waals surface area contributed by atoms with Crippen LogP contribution in [0.15, 0.2) is 24.5 Å². The summed E-state index contributed by atoms with van der Waals surface area (Å²) in [5.74, 6) is 5.87. The van der Waals surface area contributed by atoms with Gasteiger partial charge in [0.1, 0.15) is 5.69 Å². The average molecular weight is 234 g/mol. The highest BCUT2D eigenvalue weighted by Gasteiger charge is 1.91. The van der Waals surface area contributed by atoms with Crippen LogP contribution in [0.5, 0.6) is 0 Å². The molecule has 0 atom stereocenters. The Labute approximate surface area is 97.5 Å². The van der Waals surface area contributed by atoms with Gasteiger partial charge in [0.2, 0.25) is 0 Å². The Kier molecular flexibility index (Phi) is 3.46. The van der Waals surface area contributed by atoms with Crippen molar-refractivity contribution in [3.8, 4) is 11.8 Å². The Morgan fingerprint density at radius 2 is 2.25 bits per heavy atom. The lowest BCUT2D eigenvalue weighted by atomic mass is 10.3. The summed E-state index contributed by atoms with van der Waals surface area (Å²) >= 11 is 5.60. The van der Waals surface area contributed by atoms with E-state index in [2.05, 4.69) is 32.4 Å². The van der Waals surface area contributed by atoms with Gasteiger partial charge in [0.25, 0.3) is 0 Å². The second-order valence-electron chi connectivity index (χ2n) is 2.96. The van der Waals surface area contributed by atoms with Crippen LogP contribution in [0.1, 0.15) is 12.1 Å². The van der Waals surface area contributed by atoms with Crippen LogP contribution in [0, 0.1) is 11.8 Å². The molecule has 6 heteroatoms. The highest BCUT2D eigenvalue weighted by Crippen LogP contribution is 2.00. The van der Waals surface area contributed by atoms with Crippen LogP contribution in [0.25, 0.3) is 0 Å². The normalized spacial score (nSPS) is 9.56. The van der Waals surface area contributed by atoms with Gasteiger partial charge in [-0.3, -0.25) is 4.68 Å². The Morgan fingerprint density at radius 1 is 1.31 bits per heavy atom. The van der Waals surface area contributed by atoms with Crippen molar-refractivity contribution in [2.75, 3.05) is 0 Å². The van der Waals surface area contributed by atoms with E-state index < -0.39 is 0 Å². The van der Waals surface area contributed by atoms with Gasteiger partial charge in [0.05, 0.1) is 12.7 Å². The zero-order valence-electron chi connectivity index (χ0n) is 8.34. The number of nitrogens with zero attached hydrogens (tertiary/aromatic N) is 5. The number of aromatic nitrogens is 5. The van der Waals surface area contributed by atoms with Gasteiger partial charge in [-0.05, 0) is 18.1 Å². The third-order valence-corrected chi connectivity index (χ3v) is 1.99. The van der Waals surface area contributed by atoms with Gasteiger partial charge in [-0.15, -0.1) is 15.3 Å². The summed E-state index contributed by atoms with van der Waals surface area (Å²) in [6, 6.07) is 3.40. The van der Waals surface area contributed by atoms with Crippen LogP contribution in [-0.4, -0.2) is 25.2 Å². The Hall–Kier alpha value is -1.93. The van der Waals surface area contributed by atoms with E-state index in [1.165, 1.54) is 0 Å². The molecule has 0 aliphatic heterocycles. The summed E-state index contributed by atoms with van der Waals surface area (Å²) in [5, 5.41) is 15.4. The zero-order valence-corrected chi connectivity index (χ0v) is 9.09. The maximum absolute atomic E-state index is 5.60. The van der Waals surface area contributed by atoms with E-state index in [0.717, 1.165) is 0 Å². The second-order valence-corrected chi connectivity index (χ2v) is 3.35. The smallest absolute Gasteiger partial charge is 0.151 e. The van der Waals surface area contributed by atoms with Crippen LogP contribution in [0.2, 0.25) is 5.15 Å². The molecule has 0 unspecified atom stereocenters. The molecule has 0 aromatic carbocycles. The average Bonchev–Trinajstić information content (AvgIpc) is 2.80. The van der Waals surface area contributed by atoms with Crippen LogP contribution in [-0.2, 0) is 6.54 Å². The molecule has 0 saturated carbocycles. The summed E-state index contributed by atoms with van der Waals surface area (Å²) in [7, 11) is 0. The molecule has 0 aliphatic rings. The molecule has 80 valence electrons. The Balaban J connectivity index is 1.88. The molecule has 0 amide bonds. The molecule has 0 bridgehead atoms. The van der Waals surface area contributed by atoms with Crippen LogP contribution >= 0.6 is 11.6 Å². The molecule has 0 fully saturated rings. The molecule has 0 N–H and O–H groups in total. The van der Waals surface area contributed by atoms with Crippen molar-refractivity contribution < 1.29 is 0 Å². The first-order valence-electron chi connectivity index (χ1n) is 4.67. The van der Waals surface area contributed by atoms with E-state index in [4.69, 9.17) is 11.6 Å². The van der Waals surface area contributed by atoms with Crippen LogP contribution in [0.3, 0.4) is 0 Å². The summed E-state index contributed by atoms with van der Waals surface area (Å²) in [4.78, 5) is 0. The number of rotatable bonds is 2. The Morgan fingerprint density at radius 3 is 2.94 bits per heavy atom. The maximum Gasteiger partial charge on any atom is 0.151 e. The first-order chi connectivity index (χ1) is 7.84. The minimum absolute atomic E-state index is 0.369. The van der Waals surface area contributed by atoms with Gasteiger partial charge >= 0.3 is 0 Å². The first kappa shape index (κ1) is 10.6. The number of aryl methyl sites for hydroxylation is 1. The molecule has 0 spiro atoms. The third-order valence-electron chi connectivity index (χ3n) is 1.79. The molecular formula is C10H8ClN5. The Bertz CT molecular complexity index is 494. The first-order valence-corrected chi connectivity index (χ1v) is 5.04. The largest absolute Gasteiger partial charge is 0.252 e. The van der Waals surface area contributed by atoms with E-state index in [1.54, 1.807) is 29.2 Å². The fourth-order valence-corrected chi connectivity index (χ4v) is 1.16. The summed E-state index contributed by atoms with van der Waals surface area (Å²) in [5.41, 5.74) is 0.614. The van der Waals surface area contributed by atoms with E-state index >= 15 is 0 Å². The maximum atomic E-state index is 5.60. The van der Waals surface area contributed by atoms with Crippen molar-refractivity contribution >= 4 is 11.6 Å². The molecule has 5 nitrogen and oxygen atoms in total. The summed E-state index contributed by atoms with van der Waals surface area (Å²) < 4.78 is 1.72. The van der Waals surface area contributed by atoms with Crippen molar-refractivity contribution in [1.82, 2.24) is 25.2 Å². The zero-order chi connectivity index (χ0) is 11.2. The minimum atomic E-state index is 0.369. The molecule has 2 rings (SSSR count). The molecule has 0 saturated heterocycles. The standard InChI is InChI=1S/C10H8ClN5/c11-10-5-4-9(13-14-10)3-1-2-7-16-8-6-12-15-16/h4-6,8H,2,7H2. The molecule has 2 heterocycles. The van der Waals surface area contributed by atoms with Crippen molar-refractivity contribution in [1.29, 1.82) is 0 Å². The van der Waals surface area contributed by atoms with Gasteiger partial charge in [-0.2, -0.15) is 0 Å². The van der Waals surface area contributed by atoms with Gasteiger partial charge in [0, 0.05) is 12.6 Å². The molecule has 0 aliphatic carbocycles. The molecule has 2 aromatic heterocycles. The predicted molar refractivity (Wildman–Crippen MR) is 58.6 cm³/mol. The van der Waals surface area contributed by atoms with Crippen molar-refractivity contribution in [3.05, 3.63) is 35.4 Å². The fraction of sp³-hybridized carbons (Fsp3) is 0.200. The lowest BCUT2D eigenvalue weighted by Crippen LogP contribution is -1.97. The number of hydrogen-bond donors (Lipinski definition) is 0. The van der Waals surface area contributed by atoms with Crippen molar-refractivity contribution in [2.24, 2.45) is 0 Å². The van der Waals surface area contributed by atoms with Crippen LogP contribution in [0.4, 0.5) is 0 Å². The number of hydrogen-bond acceptors (Lipinski definition) is 4. The lowest BCUT2D eigenvalue weighted by Gasteiger charge is -1.92. The topological polar surface area (TPSA) is 56.5 Å². The molecule has 0 radical (unpaired) electrons. The molecule has 16 heavy (non-hydrogen) atoms. The lowest BCUT2D eigenvalue weighted by molar-refractivity contribution is 0.602. The monoisotopic (exact) mass is 233 g/mol. The number of halogens is 1.